The molecule has 0 radical (unpaired) electrons. The van der Waals surface area contributed by atoms with E-state index >= 15 is 0 Å². The molecule has 0 aliphatic heterocycles. The van der Waals surface area contributed by atoms with E-state index in [0.717, 1.165) is 32.3 Å². The van der Waals surface area contributed by atoms with Crippen LogP contribution in [0.1, 0.15) is 11.1 Å². The zero-order valence-corrected chi connectivity index (χ0v) is 11.1. The third-order valence-electron chi connectivity index (χ3n) is 2.83. The summed E-state index contributed by atoms with van der Waals surface area (Å²) in [5.74, 6) is 0.859. The Labute approximate surface area is 108 Å². The summed E-state index contributed by atoms with van der Waals surface area (Å²) in [4.78, 5) is 8.96. The highest BCUT2D eigenvalue weighted by molar-refractivity contribution is 7.14. The molecule has 0 saturated carbocycles. The maximum Gasteiger partial charge on any atom is 0.150 e. The molecule has 1 aromatic carbocycles. The number of aromatic nitrogens is 2. The van der Waals surface area contributed by atoms with Gasteiger partial charge in [0, 0.05) is 0 Å². The summed E-state index contributed by atoms with van der Waals surface area (Å²) >= 11 is 7.89. The van der Waals surface area contributed by atoms with Crippen molar-refractivity contribution >= 4 is 34.0 Å². The molecule has 0 aliphatic rings. The van der Waals surface area contributed by atoms with E-state index in [1.54, 1.807) is 11.3 Å². The second kappa shape index (κ2) is 3.86. The van der Waals surface area contributed by atoms with Crippen LogP contribution in [0.3, 0.4) is 0 Å². The summed E-state index contributed by atoms with van der Waals surface area (Å²) in [5.41, 5.74) is 4.35. The van der Waals surface area contributed by atoms with Crippen molar-refractivity contribution < 1.29 is 0 Å². The van der Waals surface area contributed by atoms with Gasteiger partial charge < -0.3 is 4.98 Å². The lowest BCUT2D eigenvalue weighted by Gasteiger charge is -1.92. The molecule has 0 atom stereocenters. The molecule has 0 unspecified atom stereocenters. The quantitative estimate of drug-likeness (QED) is 0.684. The number of H-pyrrole nitrogens is 1. The number of aromatic amines is 1. The predicted octanol–water partition coefficient (Wildman–Crippen LogP) is 4.56. The van der Waals surface area contributed by atoms with Gasteiger partial charge in [0.25, 0.3) is 0 Å². The fraction of sp³-hybridized carbons (Fsp3) is 0.154. The van der Waals surface area contributed by atoms with Gasteiger partial charge >= 0.3 is 0 Å². The number of rotatable bonds is 1. The van der Waals surface area contributed by atoms with Crippen molar-refractivity contribution in [3.63, 3.8) is 0 Å². The lowest BCUT2D eigenvalue weighted by molar-refractivity contribution is 1.35. The van der Waals surface area contributed by atoms with Crippen LogP contribution in [-0.2, 0) is 0 Å². The highest BCUT2D eigenvalue weighted by atomic mass is 35.5. The average molecular weight is 263 g/mol. The first-order chi connectivity index (χ1) is 8.16. The van der Waals surface area contributed by atoms with Gasteiger partial charge in [-0.1, -0.05) is 23.7 Å². The molecule has 1 N–H and O–H groups in total. The van der Waals surface area contributed by atoms with Gasteiger partial charge in [0.1, 0.15) is 5.82 Å². The van der Waals surface area contributed by atoms with Crippen LogP contribution in [0, 0.1) is 13.8 Å². The Morgan fingerprint density at radius 1 is 1.24 bits per heavy atom. The van der Waals surface area contributed by atoms with E-state index in [0.29, 0.717) is 0 Å². The third kappa shape index (κ3) is 1.66. The Bertz CT molecular complexity index is 697. The Morgan fingerprint density at radius 3 is 2.71 bits per heavy atom. The maximum absolute atomic E-state index is 6.26. The first-order valence-corrected chi connectivity index (χ1v) is 6.62. The Balaban J connectivity index is 2.25. The molecule has 3 rings (SSSR count). The van der Waals surface area contributed by atoms with Crippen molar-refractivity contribution in [3.8, 4) is 10.7 Å². The number of aryl methyl sites for hydroxylation is 2. The van der Waals surface area contributed by atoms with Crippen LogP contribution in [0.25, 0.3) is 21.7 Å². The normalized spacial score (nSPS) is 11.2. The molecule has 0 fully saturated rings. The minimum Gasteiger partial charge on any atom is -0.337 e. The number of hydrogen-bond donors (Lipinski definition) is 1. The smallest absolute Gasteiger partial charge is 0.150 e. The average Bonchev–Trinajstić information content (AvgIpc) is 2.85. The molecule has 2 nitrogen and oxygen atoms in total. The van der Waals surface area contributed by atoms with Crippen LogP contribution in [0.15, 0.2) is 23.6 Å². The van der Waals surface area contributed by atoms with Crippen LogP contribution in [-0.4, -0.2) is 9.97 Å². The number of nitrogens with zero attached hydrogens (tertiary/aromatic N) is 1. The first kappa shape index (κ1) is 10.8. The largest absolute Gasteiger partial charge is 0.337 e. The molecule has 0 aliphatic carbocycles. The number of halogens is 1. The van der Waals surface area contributed by atoms with E-state index in [4.69, 9.17) is 11.6 Å². The molecular formula is C13H11ClN2S. The van der Waals surface area contributed by atoms with E-state index in [9.17, 15) is 0 Å². The van der Waals surface area contributed by atoms with Crippen molar-refractivity contribution in [3.05, 3.63) is 39.7 Å². The molecule has 2 heterocycles. The zero-order valence-electron chi connectivity index (χ0n) is 9.54. The second-order valence-electron chi connectivity index (χ2n) is 4.12. The number of nitrogens with one attached hydrogen (secondary N) is 1. The summed E-state index contributed by atoms with van der Waals surface area (Å²) in [6.45, 7) is 4.07. The Kier molecular flexibility index (Phi) is 2.45. The van der Waals surface area contributed by atoms with E-state index in [-0.39, 0.29) is 0 Å². The summed E-state index contributed by atoms with van der Waals surface area (Å²) in [6, 6.07) is 6.13. The number of benzene rings is 1. The van der Waals surface area contributed by atoms with Crippen LogP contribution in [0.4, 0.5) is 0 Å². The number of imidazole rings is 1. The molecule has 0 spiro atoms. The van der Waals surface area contributed by atoms with Crippen LogP contribution in [0.5, 0.6) is 0 Å². The van der Waals surface area contributed by atoms with E-state index in [1.807, 2.05) is 19.1 Å². The number of hydrogen-bond acceptors (Lipinski definition) is 2. The number of para-hydroxylation sites is 1. The Morgan fingerprint density at radius 2 is 2.06 bits per heavy atom. The van der Waals surface area contributed by atoms with Crippen LogP contribution < -0.4 is 0 Å². The van der Waals surface area contributed by atoms with Crippen LogP contribution >= 0.6 is 22.9 Å². The predicted molar refractivity (Wildman–Crippen MR) is 73.9 cm³/mol. The first-order valence-electron chi connectivity index (χ1n) is 5.36. The minimum absolute atomic E-state index is 0.798. The van der Waals surface area contributed by atoms with Gasteiger partial charge in [-0.25, -0.2) is 4.98 Å². The summed E-state index contributed by atoms with van der Waals surface area (Å²) in [7, 11) is 0. The van der Waals surface area contributed by atoms with Gasteiger partial charge in [-0.2, -0.15) is 0 Å². The highest BCUT2D eigenvalue weighted by Crippen LogP contribution is 2.35. The van der Waals surface area contributed by atoms with Crippen molar-refractivity contribution in [2.75, 3.05) is 0 Å². The fourth-order valence-corrected chi connectivity index (χ4v) is 3.10. The Hall–Kier alpha value is -1.32. The monoisotopic (exact) mass is 262 g/mol. The molecule has 3 aromatic rings. The van der Waals surface area contributed by atoms with E-state index < -0.39 is 0 Å². The standard InChI is InChI=1S/C13H11ClN2S/c1-7-4-3-5-9-11(7)16-13(15-9)12-10(14)8(2)6-17-12/h3-6H,1-2H3,(H,15,16). The second-order valence-corrected chi connectivity index (χ2v) is 5.38. The van der Waals surface area contributed by atoms with Gasteiger partial charge in [0.2, 0.25) is 0 Å². The maximum atomic E-state index is 6.26. The molecule has 86 valence electrons. The highest BCUT2D eigenvalue weighted by Gasteiger charge is 2.13. The van der Waals surface area contributed by atoms with E-state index in [2.05, 4.69) is 28.3 Å². The van der Waals surface area contributed by atoms with Gasteiger partial charge in [0.05, 0.1) is 20.9 Å². The number of thiophene rings is 1. The molecule has 0 saturated heterocycles. The molecule has 2 aromatic heterocycles. The summed E-state index contributed by atoms with van der Waals surface area (Å²) in [6.07, 6.45) is 0. The van der Waals surface area contributed by atoms with Gasteiger partial charge in [-0.15, -0.1) is 11.3 Å². The zero-order chi connectivity index (χ0) is 12.0. The molecule has 4 heteroatoms. The lowest BCUT2D eigenvalue weighted by atomic mass is 10.2. The molecular weight excluding hydrogens is 252 g/mol. The molecule has 0 bridgehead atoms. The topological polar surface area (TPSA) is 28.7 Å². The summed E-state index contributed by atoms with van der Waals surface area (Å²) in [5, 5.41) is 2.85. The van der Waals surface area contributed by atoms with Gasteiger partial charge in [-0.3, -0.25) is 0 Å². The van der Waals surface area contributed by atoms with Crippen molar-refractivity contribution in [1.29, 1.82) is 0 Å². The van der Waals surface area contributed by atoms with Crippen molar-refractivity contribution in [2.24, 2.45) is 0 Å². The van der Waals surface area contributed by atoms with Crippen LogP contribution in [0.2, 0.25) is 5.02 Å². The summed E-state index contributed by atoms with van der Waals surface area (Å²) < 4.78 is 0. The minimum atomic E-state index is 0.798. The van der Waals surface area contributed by atoms with Crippen molar-refractivity contribution in [1.82, 2.24) is 9.97 Å². The lowest BCUT2D eigenvalue weighted by Crippen LogP contribution is -1.76. The number of fused-ring (bicyclic) bond motifs is 1. The van der Waals surface area contributed by atoms with E-state index in [1.165, 1.54) is 5.56 Å². The van der Waals surface area contributed by atoms with Gasteiger partial charge in [0.15, 0.2) is 0 Å². The SMILES string of the molecule is Cc1csc(-c2nc3c(C)cccc3[nH]2)c1Cl. The third-order valence-corrected chi connectivity index (χ3v) is 4.53. The van der Waals surface area contributed by atoms with Crippen molar-refractivity contribution in [2.45, 2.75) is 13.8 Å². The molecule has 0 amide bonds. The van der Waals surface area contributed by atoms with Gasteiger partial charge in [-0.05, 0) is 36.4 Å². The fourth-order valence-electron chi connectivity index (χ4n) is 1.87. The molecule has 17 heavy (non-hydrogen) atoms.